The van der Waals surface area contributed by atoms with E-state index in [1.54, 1.807) is 37.4 Å². The molecule has 0 aliphatic heterocycles. The van der Waals surface area contributed by atoms with Crippen LogP contribution in [0.1, 0.15) is 0 Å². The molecule has 0 radical (unpaired) electrons. The topological polar surface area (TPSA) is 111 Å². The van der Waals surface area contributed by atoms with Gasteiger partial charge in [0.1, 0.15) is 23.9 Å². The first-order chi connectivity index (χ1) is 9.56. The number of aliphatic carboxylic acids is 1. The Bertz CT molecular complexity index is 558. The lowest BCUT2D eigenvalue weighted by Crippen LogP contribution is -2.30. The molecule has 0 aromatic heterocycles. The first-order valence-corrected chi connectivity index (χ1v) is 5.57. The molecule has 0 unspecified atom stereocenters. The second-order valence-corrected chi connectivity index (χ2v) is 3.62. The predicted molar refractivity (Wildman–Crippen MR) is 71.0 cm³/mol. The van der Waals surface area contributed by atoms with E-state index in [1.165, 1.54) is 6.20 Å². The number of hydrogen-bond donors (Lipinski definition) is 3. The van der Waals surface area contributed by atoms with Crippen molar-refractivity contribution in [2.75, 3.05) is 19.0 Å². The van der Waals surface area contributed by atoms with Crippen LogP contribution in [0.25, 0.3) is 0 Å². The van der Waals surface area contributed by atoms with Crippen molar-refractivity contribution in [3.8, 4) is 11.8 Å². The van der Waals surface area contributed by atoms with Crippen molar-refractivity contribution in [2.24, 2.45) is 0 Å². The summed E-state index contributed by atoms with van der Waals surface area (Å²) in [5, 5.41) is 22.1. The number of hydrogen-bond acceptors (Lipinski definition) is 5. The molecule has 0 bridgehead atoms. The Hall–Kier alpha value is -3.01. The Morgan fingerprint density at radius 2 is 2.05 bits per heavy atom. The first-order valence-electron chi connectivity index (χ1n) is 5.57. The van der Waals surface area contributed by atoms with E-state index >= 15 is 0 Å². The smallest absolute Gasteiger partial charge is 0.322 e. The van der Waals surface area contributed by atoms with Crippen molar-refractivity contribution in [1.29, 1.82) is 5.26 Å². The zero-order valence-corrected chi connectivity index (χ0v) is 10.7. The third-order valence-electron chi connectivity index (χ3n) is 2.24. The van der Waals surface area contributed by atoms with E-state index in [1.807, 2.05) is 0 Å². The molecule has 104 valence electrons. The molecule has 7 nitrogen and oxygen atoms in total. The van der Waals surface area contributed by atoms with E-state index in [2.05, 4.69) is 10.6 Å². The average Bonchev–Trinajstić information content (AvgIpc) is 2.46. The van der Waals surface area contributed by atoms with Crippen molar-refractivity contribution in [3.05, 3.63) is 36.0 Å². The van der Waals surface area contributed by atoms with Gasteiger partial charge in [0.05, 0.1) is 7.11 Å². The van der Waals surface area contributed by atoms with E-state index in [0.717, 1.165) is 0 Å². The number of carboxylic acid groups (broad SMARTS) is 1. The third-order valence-corrected chi connectivity index (χ3v) is 2.24. The number of methoxy groups -OCH3 is 1. The molecule has 0 saturated carbocycles. The normalized spacial score (nSPS) is 10.3. The van der Waals surface area contributed by atoms with E-state index in [4.69, 9.17) is 15.1 Å². The maximum Gasteiger partial charge on any atom is 0.322 e. The highest BCUT2D eigenvalue weighted by atomic mass is 16.5. The number of ether oxygens (including phenoxy) is 1. The van der Waals surface area contributed by atoms with Gasteiger partial charge < -0.3 is 20.5 Å². The summed E-state index contributed by atoms with van der Waals surface area (Å²) >= 11 is 0. The summed E-state index contributed by atoms with van der Waals surface area (Å²) in [4.78, 5) is 21.8. The van der Waals surface area contributed by atoms with Crippen LogP contribution in [0.3, 0.4) is 0 Å². The number of anilines is 1. The number of nitriles is 1. The monoisotopic (exact) mass is 275 g/mol. The molecule has 0 aliphatic rings. The number of carbonyl (C=O) groups is 2. The van der Waals surface area contributed by atoms with Crippen LogP contribution in [0.5, 0.6) is 5.75 Å². The number of nitrogens with one attached hydrogen (secondary N) is 2. The van der Waals surface area contributed by atoms with Crippen LogP contribution in [-0.4, -0.2) is 30.6 Å². The van der Waals surface area contributed by atoms with Crippen LogP contribution in [0, 0.1) is 11.3 Å². The second-order valence-electron chi connectivity index (χ2n) is 3.62. The summed E-state index contributed by atoms with van der Waals surface area (Å²) in [5.74, 6) is -1.26. The minimum absolute atomic E-state index is 0.220. The van der Waals surface area contributed by atoms with Crippen LogP contribution < -0.4 is 15.4 Å². The van der Waals surface area contributed by atoms with Gasteiger partial charge in [0, 0.05) is 11.9 Å². The number of benzene rings is 1. The zero-order valence-electron chi connectivity index (χ0n) is 10.7. The summed E-state index contributed by atoms with van der Waals surface area (Å²) in [6.45, 7) is -0.541. The molecule has 1 amide bonds. The molecule has 0 heterocycles. The minimum Gasteiger partial charge on any atom is -0.497 e. The highest BCUT2D eigenvalue weighted by Gasteiger charge is 2.09. The molecular formula is C13H13N3O4. The van der Waals surface area contributed by atoms with Gasteiger partial charge in [0.2, 0.25) is 0 Å². The van der Waals surface area contributed by atoms with E-state index < -0.39 is 18.4 Å². The van der Waals surface area contributed by atoms with Gasteiger partial charge in [-0.2, -0.15) is 5.26 Å². The van der Waals surface area contributed by atoms with Gasteiger partial charge in [0.25, 0.3) is 5.91 Å². The highest BCUT2D eigenvalue weighted by molar-refractivity contribution is 5.98. The van der Waals surface area contributed by atoms with Gasteiger partial charge in [-0.15, -0.1) is 0 Å². The number of nitrogens with zero attached hydrogens (tertiary/aromatic N) is 1. The summed E-state index contributed by atoms with van der Waals surface area (Å²) in [5.41, 5.74) is 0.437. The van der Waals surface area contributed by atoms with E-state index in [9.17, 15) is 9.59 Å². The van der Waals surface area contributed by atoms with Gasteiger partial charge in [-0.05, 0) is 24.3 Å². The summed E-state index contributed by atoms with van der Waals surface area (Å²) in [7, 11) is 1.54. The van der Waals surface area contributed by atoms with Gasteiger partial charge in [-0.3, -0.25) is 9.59 Å². The number of rotatable bonds is 6. The standard InChI is InChI=1S/C13H13N3O4/c1-20-11-4-2-10(3-5-11)15-7-9(6-14)13(19)16-8-12(17)18/h2-5,7,15H,8H2,1H3,(H,16,19)(H,17,18)/b9-7-. The van der Waals surface area contributed by atoms with Crippen molar-refractivity contribution in [3.63, 3.8) is 0 Å². The maximum absolute atomic E-state index is 11.5. The molecule has 3 N–H and O–H groups in total. The molecule has 0 spiro atoms. The Labute approximate surface area is 115 Å². The molecule has 0 atom stereocenters. The molecule has 0 fully saturated rings. The SMILES string of the molecule is COc1ccc(N/C=C(/C#N)C(=O)NCC(=O)O)cc1. The number of carbonyl (C=O) groups excluding carboxylic acids is 1. The number of amides is 1. The first kappa shape index (κ1) is 15.0. The Balaban J connectivity index is 2.67. The summed E-state index contributed by atoms with van der Waals surface area (Å²) in [6.07, 6.45) is 1.21. The molecular weight excluding hydrogens is 262 g/mol. The minimum atomic E-state index is -1.18. The van der Waals surface area contributed by atoms with E-state index in [-0.39, 0.29) is 5.57 Å². The van der Waals surface area contributed by atoms with Gasteiger partial charge in [-0.25, -0.2) is 0 Å². The van der Waals surface area contributed by atoms with Crippen LogP contribution in [0.4, 0.5) is 5.69 Å². The van der Waals surface area contributed by atoms with Gasteiger partial charge in [0.15, 0.2) is 0 Å². The van der Waals surface area contributed by atoms with Gasteiger partial charge in [-0.1, -0.05) is 0 Å². The molecule has 7 heteroatoms. The molecule has 1 aromatic carbocycles. The third kappa shape index (κ3) is 4.70. The quantitative estimate of drug-likeness (QED) is 0.521. The lowest BCUT2D eigenvalue weighted by molar-refractivity contribution is -0.137. The van der Waals surface area contributed by atoms with Crippen molar-refractivity contribution < 1.29 is 19.4 Å². The maximum atomic E-state index is 11.5. The lowest BCUT2D eigenvalue weighted by atomic mass is 10.2. The van der Waals surface area contributed by atoms with Crippen LogP contribution >= 0.6 is 0 Å². The van der Waals surface area contributed by atoms with Crippen molar-refractivity contribution >= 4 is 17.6 Å². The molecule has 1 rings (SSSR count). The lowest BCUT2D eigenvalue weighted by Gasteiger charge is -2.04. The van der Waals surface area contributed by atoms with Gasteiger partial charge >= 0.3 is 5.97 Å². The van der Waals surface area contributed by atoms with Crippen molar-refractivity contribution in [1.82, 2.24) is 5.32 Å². The highest BCUT2D eigenvalue weighted by Crippen LogP contribution is 2.15. The molecule has 0 saturated heterocycles. The number of carboxylic acids is 1. The van der Waals surface area contributed by atoms with Crippen molar-refractivity contribution in [2.45, 2.75) is 0 Å². The largest absolute Gasteiger partial charge is 0.497 e. The Morgan fingerprint density at radius 3 is 2.55 bits per heavy atom. The molecule has 1 aromatic rings. The van der Waals surface area contributed by atoms with Crippen LogP contribution in [-0.2, 0) is 9.59 Å². The fourth-order valence-corrected chi connectivity index (χ4v) is 1.24. The molecule has 20 heavy (non-hydrogen) atoms. The average molecular weight is 275 g/mol. The van der Waals surface area contributed by atoms with Crippen LogP contribution in [0.15, 0.2) is 36.0 Å². The fraction of sp³-hybridized carbons (Fsp3) is 0.154. The Kier molecular flexibility index (Phi) is 5.59. The zero-order chi connectivity index (χ0) is 15.0. The summed E-state index contributed by atoms with van der Waals surface area (Å²) in [6, 6.07) is 8.53. The molecule has 0 aliphatic carbocycles. The van der Waals surface area contributed by atoms with E-state index in [0.29, 0.717) is 11.4 Å². The second kappa shape index (κ2) is 7.43. The van der Waals surface area contributed by atoms with Crippen LogP contribution in [0.2, 0.25) is 0 Å². The summed E-state index contributed by atoms with van der Waals surface area (Å²) < 4.78 is 4.99. The fourth-order valence-electron chi connectivity index (χ4n) is 1.24. The Morgan fingerprint density at radius 1 is 1.40 bits per heavy atom. The predicted octanol–water partition coefficient (Wildman–Crippen LogP) is 0.715.